The number of nitro benzene ring substituents is 1. The van der Waals surface area contributed by atoms with Crippen LogP contribution in [0.4, 0.5) is 16.5 Å². The van der Waals surface area contributed by atoms with E-state index in [1.54, 1.807) is 24.1 Å². The van der Waals surface area contributed by atoms with Gasteiger partial charge < -0.3 is 9.64 Å². The van der Waals surface area contributed by atoms with Gasteiger partial charge in [-0.1, -0.05) is 23.5 Å². The third-order valence-corrected chi connectivity index (χ3v) is 7.20. The zero-order valence-corrected chi connectivity index (χ0v) is 19.8. The van der Waals surface area contributed by atoms with Gasteiger partial charge in [0.1, 0.15) is 10.8 Å². The summed E-state index contributed by atoms with van der Waals surface area (Å²) in [4.78, 5) is 36.8. The number of nitrogens with zero attached hydrogens (tertiary/aromatic N) is 4. The van der Waals surface area contributed by atoms with E-state index in [2.05, 4.69) is 15.5 Å². The fourth-order valence-electron chi connectivity index (χ4n) is 3.47. The Balaban J connectivity index is 1.27. The van der Waals surface area contributed by atoms with Gasteiger partial charge in [-0.2, -0.15) is 0 Å². The molecular weight excluding hydrogens is 478 g/mol. The van der Waals surface area contributed by atoms with Crippen LogP contribution < -0.4 is 15.0 Å². The van der Waals surface area contributed by atoms with Crippen LogP contribution >= 0.6 is 23.1 Å². The van der Waals surface area contributed by atoms with Crippen LogP contribution in [0.25, 0.3) is 0 Å². The Morgan fingerprint density at radius 3 is 2.65 bits per heavy atom. The van der Waals surface area contributed by atoms with Gasteiger partial charge in [0.15, 0.2) is 0 Å². The Kier molecular flexibility index (Phi) is 7.38. The van der Waals surface area contributed by atoms with E-state index in [4.69, 9.17) is 4.74 Å². The average molecular weight is 500 g/mol. The van der Waals surface area contributed by atoms with Crippen molar-refractivity contribution in [1.82, 2.24) is 10.2 Å². The average Bonchev–Trinajstić information content (AvgIpc) is 3.46. The molecule has 2 aromatic carbocycles. The lowest BCUT2D eigenvalue weighted by Gasteiger charge is -2.16. The van der Waals surface area contributed by atoms with Crippen molar-refractivity contribution in [3.8, 4) is 5.75 Å². The Hall–Kier alpha value is -3.51. The van der Waals surface area contributed by atoms with Crippen molar-refractivity contribution in [3.05, 3.63) is 69.2 Å². The molecule has 0 saturated carbocycles. The van der Waals surface area contributed by atoms with Gasteiger partial charge in [0.05, 0.1) is 17.8 Å². The van der Waals surface area contributed by atoms with Crippen molar-refractivity contribution in [1.29, 1.82) is 0 Å². The minimum absolute atomic E-state index is 0.0126. The number of thioether (sulfide) groups is 1. The first-order valence-electron chi connectivity index (χ1n) is 10.3. The SMILES string of the molecule is COc1ccc(N2CC(c3nnc(NC(=O)CSCc4ccc([N+](=O)[O-])cc4)s3)CC2=O)cc1. The van der Waals surface area contributed by atoms with Gasteiger partial charge in [0.25, 0.3) is 5.69 Å². The van der Waals surface area contributed by atoms with Gasteiger partial charge in [0, 0.05) is 42.5 Å². The second-order valence-corrected chi connectivity index (χ2v) is 9.51. The molecule has 1 aromatic heterocycles. The molecule has 34 heavy (non-hydrogen) atoms. The molecule has 1 atom stereocenters. The zero-order valence-electron chi connectivity index (χ0n) is 18.2. The highest BCUT2D eigenvalue weighted by Crippen LogP contribution is 2.34. The van der Waals surface area contributed by atoms with E-state index in [1.807, 2.05) is 24.3 Å². The number of rotatable bonds is 9. The fraction of sp³-hybridized carbons (Fsp3) is 0.273. The summed E-state index contributed by atoms with van der Waals surface area (Å²) in [6.45, 7) is 0.499. The number of nitro groups is 1. The number of hydrogen-bond acceptors (Lipinski definition) is 9. The molecule has 1 N–H and O–H groups in total. The number of ether oxygens (including phenoxy) is 1. The molecular formula is C22H21N5O5S2. The van der Waals surface area contributed by atoms with Gasteiger partial charge >= 0.3 is 0 Å². The predicted molar refractivity (Wildman–Crippen MR) is 131 cm³/mol. The van der Waals surface area contributed by atoms with Gasteiger partial charge in [-0.05, 0) is 29.8 Å². The van der Waals surface area contributed by atoms with Crippen LogP contribution in [-0.2, 0) is 15.3 Å². The number of non-ortho nitro benzene ring substituents is 1. The third kappa shape index (κ3) is 5.69. The number of aromatic nitrogens is 2. The molecule has 1 saturated heterocycles. The van der Waals surface area contributed by atoms with Crippen molar-refractivity contribution in [2.45, 2.75) is 18.1 Å². The Morgan fingerprint density at radius 2 is 1.97 bits per heavy atom. The van der Waals surface area contributed by atoms with Crippen molar-refractivity contribution < 1.29 is 19.2 Å². The van der Waals surface area contributed by atoms with Crippen LogP contribution in [0.2, 0.25) is 0 Å². The number of carbonyl (C=O) groups excluding carboxylic acids is 2. The summed E-state index contributed by atoms with van der Waals surface area (Å²) in [5.74, 6) is 1.20. The van der Waals surface area contributed by atoms with Crippen molar-refractivity contribution in [2.24, 2.45) is 0 Å². The maximum absolute atomic E-state index is 12.5. The molecule has 1 unspecified atom stereocenters. The summed E-state index contributed by atoms with van der Waals surface area (Å²) in [5, 5.41) is 22.8. The van der Waals surface area contributed by atoms with Gasteiger partial charge in [-0.15, -0.1) is 22.0 Å². The fourth-order valence-corrected chi connectivity index (χ4v) is 5.10. The lowest BCUT2D eigenvalue weighted by molar-refractivity contribution is -0.384. The van der Waals surface area contributed by atoms with E-state index in [9.17, 15) is 19.7 Å². The molecule has 12 heteroatoms. The van der Waals surface area contributed by atoms with Gasteiger partial charge in [-0.3, -0.25) is 25.0 Å². The Labute approximate surface area is 203 Å². The van der Waals surface area contributed by atoms with Crippen LogP contribution in [-0.4, -0.2) is 46.3 Å². The van der Waals surface area contributed by atoms with E-state index < -0.39 is 4.92 Å². The van der Waals surface area contributed by atoms with E-state index in [0.717, 1.165) is 17.0 Å². The Morgan fingerprint density at radius 1 is 1.24 bits per heavy atom. The topological polar surface area (TPSA) is 128 Å². The largest absolute Gasteiger partial charge is 0.497 e. The quantitative estimate of drug-likeness (QED) is 0.347. The number of hydrogen-bond donors (Lipinski definition) is 1. The van der Waals surface area contributed by atoms with E-state index >= 15 is 0 Å². The molecule has 176 valence electrons. The minimum Gasteiger partial charge on any atom is -0.497 e. The zero-order chi connectivity index (χ0) is 24.1. The smallest absolute Gasteiger partial charge is 0.269 e. The first-order chi connectivity index (χ1) is 16.4. The van der Waals surface area contributed by atoms with E-state index in [0.29, 0.717) is 28.9 Å². The molecule has 0 bridgehead atoms. The maximum atomic E-state index is 12.5. The molecule has 2 amide bonds. The van der Waals surface area contributed by atoms with Crippen molar-refractivity contribution in [3.63, 3.8) is 0 Å². The summed E-state index contributed by atoms with van der Waals surface area (Å²) < 4.78 is 5.16. The second kappa shape index (κ2) is 10.6. The maximum Gasteiger partial charge on any atom is 0.269 e. The minimum atomic E-state index is -0.446. The predicted octanol–water partition coefficient (Wildman–Crippen LogP) is 3.85. The van der Waals surface area contributed by atoms with Gasteiger partial charge in [0.2, 0.25) is 16.9 Å². The number of nitrogens with one attached hydrogen (secondary N) is 1. The standard InChI is InChI=1S/C22H21N5O5S2/c1-32-18-8-6-16(7-9-18)26-11-15(10-20(26)29)21-24-25-22(34-21)23-19(28)13-33-12-14-2-4-17(5-3-14)27(30)31/h2-9,15H,10-13H2,1H3,(H,23,25,28). The highest BCUT2D eigenvalue weighted by Gasteiger charge is 2.34. The van der Waals surface area contributed by atoms with Gasteiger partial charge in [-0.25, -0.2) is 0 Å². The number of methoxy groups -OCH3 is 1. The number of anilines is 2. The monoisotopic (exact) mass is 499 g/mol. The summed E-state index contributed by atoms with van der Waals surface area (Å²) in [5.41, 5.74) is 1.74. The molecule has 3 aromatic rings. The summed E-state index contributed by atoms with van der Waals surface area (Å²) in [6, 6.07) is 13.6. The number of amides is 2. The first-order valence-corrected chi connectivity index (χ1v) is 12.3. The third-order valence-electron chi connectivity index (χ3n) is 5.19. The summed E-state index contributed by atoms with van der Waals surface area (Å²) in [6.07, 6.45) is 0.333. The van der Waals surface area contributed by atoms with Crippen LogP contribution in [0, 0.1) is 10.1 Å². The lowest BCUT2D eigenvalue weighted by Crippen LogP contribution is -2.24. The van der Waals surface area contributed by atoms with Crippen LogP contribution in [0.1, 0.15) is 22.9 Å². The Bertz CT molecular complexity index is 1180. The molecule has 4 rings (SSSR count). The van der Waals surface area contributed by atoms with E-state index in [1.165, 1.54) is 35.2 Å². The molecule has 0 aliphatic carbocycles. The van der Waals surface area contributed by atoms with Crippen molar-refractivity contribution >= 4 is 51.4 Å². The first kappa shape index (κ1) is 23.6. The van der Waals surface area contributed by atoms with Crippen LogP contribution in [0.5, 0.6) is 5.75 Å². The molecule has 0 radical (unpaired) electrons. The highest BCUT2D eigenvalue weighted by atomic mass is 32.2. The van der Waals surface area contributed by atoms with E-state index in [-0.39, 0.29) is 29.2 Å². The summed E-state index contributed by atoms with van der Waals surface area (Å²) in [7, 11) is 1.59. The number of benzene rings is 2. The molecule has 10 nitrogen and oxygen atoms in total. The second-order valence-electron chi connectivity index (χ2n) is 7.51. The molecule has 2 heterocycles. The molecule has 0 spiro atoms. The van der Waals surface area contributed by atoms with Crippen molar-refractivity contribution in [2.75, 3.05) is 29.6 Å². The highest BCUT2D eigenvalue weighted by molar-refractivity contribution is 7.99. The molecule has 1 fully saturated rings. The van der Waals surface area contributed by atoms with Crippen LogP contribution in [0.15, 0.2) is 48.5 Å². The summed E-state index contributed by atoms with van der Waals surface area (Å²) >= 11 is 2.67. The van der Waals surface area contributed by atoms with Crippen LogP contribution in [0.3, 0.4) is 0 Å². The normalized spacial score (nSPS) is 15.4. The molecule has 1 aliphatic rings. The molecule has 1 aliphatic heterocycles. The lowest BCUT2D eigenvalue weighted by atomic mass is 10.1. The number of carbonyl (C=O) groups is 2.